The van der Waals surface area contributed by atoms with Crippen LogP contribution in [0.25, 0.3) is 11.4 Å². The molecule has 9 heteroatoms. The van der Waals surface area contributed by atoms with Gasteiger partial charge in [-0.05, 0) is 31.0 Å². The van der Waals surface area contributed by atoms with Gasteiger partial charge in [0.05, 0.1) is 6.04 Å². The van der Waals surface area contributed by atoms with Crippen LogP contribution in [0, 0.1) is 13.8 Å². The number of benzene rings is 2. The van der Waals surface area contributed by atoms with E-state index in [1.165, 1.54) is 0 Å². The van der Waals surface area contributed by atoms with Crippen LogP contribution in [0.4, 0.5) is 0 Å². The summed E-state index contributed by atoms with van der Waals surface area (Å²) in [5.74, 6) is 3.97. The minimum atomic E-state index is 0.255. The fraction of sp³-hybridized carbons (Fsp3) is 0.273. The quantitative estimate of drug-likeness (QED) is 0.365. The molecule has 1 aliphatic rings. The summed E-state index contributed by atoms with van der Waals surface area (Å²) in [5, 5.41) is 18.6. The van der Waals surface area contributed by atoms with Crippen LogP contribution in [0.5, 0.6) is 5.75 Å². The highest BCUT2D eigenvalue weighted by atomic mass is 32.2. The highest BCUT2D eigenvalue weighted by Crippen LogP contribution is 2.38. The first-order chi connectivity index (χ1) is 15.2. The highest BCUT2D eigenvalue weighted by Gasteiger charge is 2.29. The standard InChI is InChI=1S/C22H21N5O2S2/c1-14-8-9-15(2)18(10-14)28-11-19-23-26-22(29-19)31-13-17-12-30-21-25-24-20(27(17)21)16-6-4-3-5-7-16/h3-10,17H,11-13H2,1-2H3/t17-/m0/s1. The summed E-state index contributed by atoms with van der Waals surface area (Å²) in [6.45, 7) is 4.32. The summed E-state index contributed by atoms with van der Waals surface area (Å²) >= 11 is 3.28. The molecule has 0 amide bonds. The lowest BCUT2D eigenvalue weighted by molar-refractivity contribution is 0.250. The van der Waals surface area contributed by atoms with E-state index in [1.54, 1.807) is 23.5 Å². The Morgan fingerprint density at radius 2 is 1.97 bits per heavy atom. The molecule has 158 valence electrons. The van der Waals surface area contributed by atoms with Gasteiger partial charge in [0.2, 0.25) is 0 Å². The second kappa shape index (κ2) is 8.76. The van der Waals surface area contributed by atoms with Gasteiger partial charge < -0.3 is 9.15 Å². The maximum atomic E-state index is 5.87. The van der Waals surface area contributed by atoms with Crippen LogP contribution in [0.1, 0.15) is 23.1 Å². The van der Waals surface area contributed by atoms with Crippen molar-refractivity contribution in [3.05, 3.63) is 65.5 Å². The predicted octanol–water partition coefficient (Wildman–Crippen LogP) is 4.96. The molecule has 0 spiro atoms. The number of hydrogen-bond acceptors (Lipinski definition) is 8. The predicted molar refractivity (Wildman–Crippen MR) is 120 cm³/mol. The van der Waals surface area contributed by atoms with E-state index in [0.29, 0.717) is 11.1 Å². The van der Waals surface area contributed by atoms with E-state index >= 15 is 0 Å². The number of fused-ring (bicyclic) bond motifs is 1. The molecule has 4 aromatic rings. The van der Waals surface area contributed by atoms with Crippen molar-refractivity contribution in [2.75, 3.05) is 11.5 Å². The molecule has 2 aromatic heterocycles. The molecule has 0 bridgehead atoms. The van der Waals surface area contributed by atoms with Crippen LogP contribution >= 0.6 is 23.5 Å². The van der Waals surface area contributed by atoms with Crippen molar-refractivity contribution in [2.24, 2.45) is 0 Å². The molecular weight excluding hydrogens is 430 g/mol. The first-order valence-corrected chi connectivity index (χ1v) is 11.9. The average molecular weight is 452 g/mol. The Bertz CT molecular complexity index is 1190. The minimum Gasteiger partial charge on any atom is -0.484 e. The van der Waals surface area contributed by atoms with Crippen molar-refractivity contribution in [3.8, 4) is 17.1 Å². The van der Waals surface area contributed by atoms with Crippen molar-refractivity contribution in [3.63, 3.8) is 0 Å². The molecule has 0 radical (unpaired) electrons. The number of thioether (sulfide) groups is 2. The Labute approximate surface area is 188 Å². The summed E-state index contributed by atoms with van der Waals surface area (Å²) in [4.78, 5) is 0. The average Bonchev–Trinajstić information content (AvgIpc) is 3.50. The van der Waals surface area contributed by atoms with E-state index in [0.717, 1.165) is 44.9 Å². The van der Waals surface area contributed by atoms with Gasteiger partial charge in [-0.15, -0.1) is 20.4 Å². The van der Waals surface area contributed by atoms with E-state index in [9.17, 15) is 0 Å². The minimum absolute atomic E-state index is 0.255. The van der Waals surface area contributed by atoms with Crippen LogP contribution in [0.2, 0.25) is 0 Å². The van der Waals surface area contributed by atoms with Crippen LogP contribution < -0.4 is 4.74 Å². The highest BCUT2D eigenvalue weighted by molar-refractivity contribution is 8.00. The van der Waals surface area contributed by atoms with Gasteiger partial charge in [-0.25, -0.2) is 0 Å². The molecule has 0 aliphatic carbocycles. The van der Waals surface area contributed by atoms with Crippen LogP contribution in [-0.2, 0) is 6.61 Å². The molecule has 0 fully saturated rings. The molecular formula is C22H21N5O2S2. The lowest BCUT2D eigenvalue weighted by Crippen LogP contribution is -2.11. The normalized spacial score (nSPS) is 15.2. The van der Waals surface area contributed by atoms with E-state index in [2.05, 4.69) is 43.2 Å². The van der Waals surface area contributed by atoms with E-state index < -0.39 is 0 Å². The van der Waals surface area contributed by atoms with Crippen LogP contribution in [0.15, 0.2) is 63.3 Å². The monoisotopic (exact) mass is 451 g/mol. The second-order valence-electron chi connectivity index (χ2n) is 7.34. The Morgan fingerprint density at radius 3 is 2.84 bits per heavy atom. The third-order valence-electron chi connectivity index (χ3n) is 5.01. The fourth-order valence-electron chi connectivity index (χ4n) is 3.38. The summed E-state index contributed by atoms with van der Waals surface area (Å²) in [6.07, 6.45) is 0. The Kier molecular flexibility index (Phi) is 5.69. The zero-order valence-electron chi connectivity index (χ0n) is 17.2. The lowest BCUT2D eigenvalue weighted by atomic mass is 10.1. The molecule has 31 heavy (non-hydrogen) atoms. The molecule has 7 nitrogen and oxygen atoms in total. The van der Waals surface area contributed by atoms with Crippen molar-refractivity contribution in [1.29, 1.82) is 0 Å². The fourth-order valence-corrected chi connectivity index (χ4v) is 5.47. The van der Waals surface area contributed by atoms with Gasteiger partial charge in [0.15, 0.2) is 17.6 Å². The van der Waals surface area contributed by atoms with E-state index in [1.807, 2.05) is 44.2 Å². The molecule has 1 aliphatic heterocycles. The maximum absolute atomic E-state index is 5.87. The van der Waals surface area contributed by atoms with Gasteiger partial charge in [-0.3, -0.25) is 4.57 Å². The number of hydrogen-bond donors (Lipinski definition) is 0. The summed E-state index contributed by atoms with van der Waals surface area (Å²) in [7, 11) is 0. The number of rotatable bonds is 7. The van der Waals surface area contributed by atoms with Crippen LogP contribution in [0.3, 0.4) is 0 Å². The van der Waals surface area contributed by atoms with Crippen molar-refractivity contribution in [2.45, 2.75) is 36.9 Å². The zero-order chi connectivity index (χ0) is 21.2. The topological polar surface area (TPSA) is 78.9 Å². The largest absolute Gasteiger partial charge is 0.484 e. The van der Waals surface area contributed by atoms with E-state index in [4.69, 9.17) is 9.15 Å². The lowest BCUT2D eigenvalue weighted by Gasteiger charge is -2.13. The van der Waals surface area contributed by atoms with Crippen molar-refractivity contribution >= 4 is 23.5 Å². The third-order valence-corrected chi connectivity index (χ3v) is 7.06. The molecule has 0 saturated heterocycles. The van der Waals surface area contributed by atoms with Crippen molar-refractivity contribution < 1.29 is 9.15 Å². The van der Waals surface area contributed by atoms with Gasteiger partial charge in [0, 0.05) is 17.1 Å². The number of ether oxygens (including phenoxy) is 1. The molecule has 5 rings (SSSR count). The molecule has 3 heterocycles. The number of aryl methyl sites for hydroxylation is 2. The zero-order valence-corrected chi connectivity index (χ0v) is 18.8. The Hall–Kier alpha value is -2.78. The van der Waals surface area contributed by atoms with Crippen LogP contribution in [-0.4, -0.2) is 36.5 Å². The Balaban J connectivity index is 1.22. The van der Waals surface area contributed by atoms with Gasteiger partial charge in [0.1, 0.15) is 5.75 Å². The van der Waals surface area contributed by atoms with Gasteiger partial charge in [-0.2, -0.15) is 0 Å². The summed E-state index contributed by atoms with van der Waals surface area (Å²) in [5.41, 5.74) is 3.31. The van der Waals surface area contributed by atoms with Crippen molar-refractivity contribution in [1.82, 2.24) is 25.0 Å². The molecule has 0 saturated carbocycles. The third kappa shape index (κ3) is 4.33. The number of nitrogens with zero attached hydrogens (tertiary/aromatic N) is 5. The summed E-state index contributed by atoms with van der Waals surface area (Å²) in [6, 6.07) is 16.5. The summed E-state index contributed by atoms with van der Waals surface area (Å²) < 4.78 is 13.9. The second-order valence-corrected chi connectivity index (χ2v) is 9.30. The first kappa shape index (κ1) is 20.1. The van der Waals surface area contributed by atoms with E-state index in [-0.39, 0.29) is 12.6 Å². The molecule has 0 unspecified atom stereocenters. The first-order valence-electron chi connectivity index (χ1n) is 9.96. The van der Waals surface area contributed by atoms with Gasteiger partial charge in [-0.1, -0.05) is 66.0 Å². The number of aromatic nitrogens is 5. The SMILES string of the molecule is Cc1ccc(C)c(OCc2nnc(SC[C@@H]3CSc4nnc(-c5ccccc5)n43)o2)c1. The van der Waals surface area contributed by atoms with Gasteiger partial charge in [0.25, 0.3) is 11.1 Å². The molecule has 0 N–H and O–H groups in total. The molecule has 2 aromatic carbocycles. The Morgan fingerprint density at radius 1 is 1.10 bits per heavy atom. The molecule has 1 atom stereocenters. The van der Waals surface area contributed by atoms with Gasteiger partial charge >= 0.3 is 0 Å². The maximum Gasteiger partial charge on any atom is 0.276 e. The smallest absolute Gasteiger partial charge is 0.276 e.